The van der Waals surface area contributed by atoms with Crippen LogP contribution < -0.4 is 0 Å². The number of aryl methyl sites for hydroxylation is 2. The molecule has 1 N–H and O–H groups in total. The smallest absolute Gasteiger partial charge is 0.333 e. The van der Waals surface area contributed by atoms with Crippen molar-refractivity contribution in [3.05, 3.63) is 96.1 Å². The van der Waals surface area contributed by atoms with E-state index in [9.17, 15) is 14.7 Å². The number of carbonyl (C=O) groups is 2. The first kappa shape index (κ1) is 35.3. The zero-order valence-corrected chi connectivity index (χ0v) is 29.0. The van der Waals surface area contributed by atoms with E-state index in [0.717, 1.165) is 32.1 Å². The summed E-state index contributed by atoms with van der Waals surface area (Å²) in [6, 6.07) is 27.4. The van der Waals surface area contributed by atoms with E-state index in [2.05, 4.69) is 86.3 Å². The molecule has 0 bridgehead atoms. The molecule has 0 heterocycles. The average molecular weight is 649 g/mol. The highest BCUT2D eigenvalue weighted by Crippen LogP contribution is 2.36. The standard InChI is InChI=1S/C43H52O5/c1-5-6-32-13-15-38-24-40(19-17-36(38)22-32)41-20-18-37-23-34(14-16-39(37)25-41)12-9-31-7-10-33(11-8-31)21-35(27-47-42(45)29(2)3)28-48-43(46)30(4)26-44/h13-20,22-25,30-31,33,35,44H,2,5-12,21,26-28H2,1,3-4H3. The minimum Gasteiger partial charge on any atom is -0.465 e. The van der Waals surface area contributed by atoms with Gasteiger partial charge in [0.1, 0.15) is 0 Å². The first-order valence-corrected chi connectivity index (χ1v) is 17.9. The predicted octanol–water partition coefficient (Wildman–Crippen LogP) is 9.65. The van der Waals surface area contributed by atoms with Gasteiger partial charge in [-0.2, -0.15) is 0 Å². The Kier molecular flexibility index (Phi) is 12.5. The molecule has 4 aromatic rings. The number of carbonyl (C=O) groups excluding carboxylic acids is 2. The van der Waals surface area contributed by atoms with Gasteiger partial charge in [-0.05, 0) is 107 Å². The Bertz CT molecular complexity index is 1710. The Balaban J connectivity index is 1.12. The van der Waals surface area contributed by atoms with Crippen LogP contribution in [0.15, 0.2) is 84.9 Å². The van der Waals surface area contributed by atoms with E-state index < -0.39 is 17.9 Å². The van der Waals surface area contributed by atoms with Crippen LogP contribution in [0.3, 0.4) is 0 Å². The zero-order chi connectivity index (χ0) is 34.0. The summed E-state index contributed by atoms with van der Waals surface area (Å²) in [5, 5.41) is 14.4. The minimum absolute atomic E-state index is 0.0668. The third-order valence-electron chi connectivity index (χ3n) is 10.1. The third kappa shape index (κ3) is 9.56. The molecule has 5 nitrogen and oxygen atoms in total. The maximum atomic E-state index is 12.2. The van der Waals surface area contributed by atoms with Crippen molar-refractivity contribution in [1.29, 1.82) is 0 Å². The van der Waals surface area contributed by atoms with Crippen molar-refractivity contribution in [2.45, 2.75) is 78.6 Å². The van der Waals surface area contributed by atoms with Gasteiger partial charge in [-0.15, -0.1) is 0 Å². The number of hydrogen-bond donors (Lipinski definition) is 1. The summed E-state index contributed by atoms with van der Waals surface area (Å²) >= 11 is 0. The molecule has 0 amide bonds. The highest BCUT2D eigenvalue weighted by molar-refractivity contribution is 5.92. The minimum atomic E-state index is -0.561. The lowest BCUT2D eigenvalue weighted by molar-refractivity contribution is -0.152. The highest BCUT2D eigenvalue weighted by atomic mass is 16.5. The van der Waals surface area contributed by atoms with Gasteiger partial charge < -0.3 is 14.6 Å². The SMILES string of the molecule is C=C(C)C(=O)OCC(COC(=O)C(C)CO)CC1CCC(CCc2ccc3cc(-c4ccc5cc(CCC)ccc5c4)ccc3c2)CC1. The van der Waals surface area contributed by atoms with E-state index in [1.165, 1.54) is 69.5 Å². The number of ether oxygens (including phenoxy) is 2. The molecule has 1 saturated carbocycles. The molecule has 5 heteroatoms. The van der Waals surface area contributed by atoms with Gasteiger partial charge in [-0.3, -0.25) is 4.79 Å². The topological polar surface area (TPSA) is 72.8 Å². The summed E-state index contributed by atoms with van der Waals surface area (Å²) in [5.74, 6) is -0.250. The lowest BCUT2D eigenvalue weighted by atomic mass is 9.76. The summed E-state index contributed by atoms with van der Waals surface area (Å²) in [6.45, 7) is 9.31. The van der Waals surface area contributed by atoms with E-state index in [1.807, 2.05) is 0 Å². The van der Waals surface area contributed by atoms with Gasteiger partial charge in [0.25, 0.3) is 0 Å². The van der Waals surface area contributed by atoms with Crippen molar-refractivity contribution in [3.8, 4) is 11.1 Å². The van der Waals surface area contributed by atoms with E-state index in [0.29, 0.717) is 17.4 Å². The van der Waals surface area contributed by atoms with Crippen LogP contribution >= 0.6 is 0 Å². The molecule has 0 spiro atoms. The quantitative estimate of drug-likeness (QED) is 0.103. The van der Waals surface area contributed by atoms with Gasteiger partial charge in [-0.1, -0.05) is 106 Å². The first-order chi connectivity index (χ1) is 23.2. The molecular weight excluding hydrogens is 596 g/mol. The Morgan fingerprint density at radius 3 is 1.85 bits per heavy atom. The molecule has 5 rings (SSSR count). The Labute approximate surface area is 286 Å². The Hall–Kier alpha value is -3.96. The fraction of sp³-hybridized carbons (Fsp3) is 0.442. The van der Waals surface area contributed by atoms with Gasteiger partial charge in [0, 0.05) is 11.5 Å². The lowest BCUT2D eigenvalue weighted by Gasteiger charge is -2.31. The average Bonchev–Trinajstić information content (AvgIpc) is 3.11. The zero-order valence-electron chi connectivity index (χ0n) is 29.0. The molecule has 0 radical (unpaired) electrons. The van der Waals surface area contributed by atoms with Crippen LogP contribution in [0.2, 0.25) is 0 Å². The van der Waals surface area contributed by atoms with Crippen LogP contribution in [-0.2, 0) is 31.9 Å². The molecule has 1 aliphatic rings. The number of rotatable bonds is 15. The normalized spacial score (nSPS) is 17.6. The lowest BCUT2D eigenvalue weighted by Crippen LogP contribution is -2.27. The van der Waals surface area contributed by atoms with Crippen LogP contribution in [0.1, 0.15) is 76.8 Å². The molecule has 0 saturated heterocycles. The number of benzene rings is 4. The molecular formula is C43H52O5. The van der Waals surface area contributed by atoms with Gasteiger partial charge in [0.05, 0.1) is 25.7 Å². The summed E-state index contributed by atoms with van der Waals surface area (Å²) in [7, 11) is 0. The second-order valence-electron chi connectivity index (χ2n) is 14.2. The number of aliphatic hydroxyl groups excluding tert-OH is 1. The predicted molar refractivity (Wildman–Crippen MR) is 196 cm³/mol. The Morgan fingerprint density at radius 1 is 0.771 bits per heavy atom. The van der Waals surface area contributed by atoms with Crippen LogP contribution in [0.5, 0.6) is 0 Å². The number of hydrogen-bond acceptors (Lipinski definition) is 5. The molecule has 2 unspecified atom stereocenters. The largest absolute Gasteiger partial charge is 0.465 e. The molecule has 254 valence electrons. The summed E-state index contributed by atoms with van der Waals surface area (Å²) in [6.07, 6.45) is 10.0. The van der Waals surface area contributed by atoms with Crippen LogP contribution in [-0.4, -0.2) is 36.9 Å². The van der Waals surface area contributed by atoms with Crippen molar-refractivity contribution in [2.24, 2.45) is 23.7 Å². The third-order valence-corrected chi connectivity index (χ3v) is 10.1. The van der Waals surface area contributed by atoms with Gasteiger partial charge in [0.2, 0.25) is 0 Å². The van der Waals surface area contributed by atoms with E-state index in [-0.39, 0.29) is 25.7 Å². The monoisotopic (exact) mass is 648 g/mol. The fourth-order valence-corrected chi connectivity index (χ4v) is 7.06. The van der Waals surface area contributed by atoms with Crippen LogP contribution in [0, 0.1) is 23.7 Å². The first-order valence-electron chi connectivity index (χ1n) is 17.9. The Morgan fingerprint density at radius 2 is 1.29 bits per heavy atom. The van der Waals surface area contributed by atoms with Gasteiger partial charge >= 0.3 is 11.9 Å². The second kappa shape index (κ2) is 16.9. The van der Waals surface area contributed by atoms with E-state index >= 15 is 0 Å². The maximum absolute atomic E-state index is 12.2. The highest BCUT2D eigenvalue weighted by Gasteiger charge is 2.26. The van der Waals surface area contributed by atoms with Crippen molar-refractivity contribution < 1.29 is 24.2 Å². The molecule has 0 aliphatic heterocycles. The van der Waals surface area contributed by atoms with Crippen molar-refractivity contribution in [3.63, 3.8) is 0 Å². The second-order valence-corrected chi connectivity index (χ2v) is 14.2. The van der Waals surface area contributed by atoms with E-state index in [1.54, 1.807) is 13.8 Å². The van der Waals surface area contributed by atoms with Crippen LogP contribution in [0.4, 0.5) is 0 Å². The maximum Gasteiger partial charge on any atom is 0.333 e. The molecule has 2 atom stereocenters. The van der Waals surface area contributed by atoms with Crippen LogP contribution in [0.25, 0.3) is 32.7 Å². The molecule has 1 fully saturated rings. The number of aliphatic hydroxyl groups is 1. The van der Waals surface area contributed by atoms with Gasteiger partial charge in [-0.25, -0.2) is 4.79 Å². The molecule has 48 heavy (non-hydrogen) atoms. The summed E-state index contributed by atoms with van der Waals surface area (Å²) in [5.41, 5.74) is 5.66. The van der Waals surface area contributed by atoms with E-state index in [4.69, 9.17) is 9.47 Å². The van der Waals surface area contributed by atoms with Crippen molar-refractivity contribution in [2.75, 3.05) is 19.8 Å². The van der Waals surface area contributed by atoms with Crippen molar-refractivity contribution in [1.82, 2.24) is 0 Å². The number of esters is 2. The molecule has 0 aromatic heterocycles. The molecule has 1 aliphatic carbocycles. The van der Waals surface area contributed by atoms with Crippen molar-refractivity contribution >= 4 is 33.5 Å². The number of fused-ring (bicyclic) bond motifs is 2. The summed E-state index contributed by atoms with van der Waals surface area (Å²) < 4.78 is 10.9. The molecule has 4 aromatic carbocycles. The van der Waals surface area contributed by atoms with Gasteiger partial charge in [0.15, 0.2) is 0 Å². The fourth-order valence-electron chi connectivity index (χ4n) is 7.06. The summed E-state index contributed by atoms with van der Waals surface area (Å²) in [4.78, 5) is 24.2.